The van der Waals surface area contributed by atoms with E-state index in [2.05, 4.69) is 39.7 Å². The van der Waals surface area contributed by atoms with Crippen molar-refractivity contribution in [3.63, 3.8) is 0 Å². The van der Waals surface area contributed by atoms with Gasteiger partial charge in [-0.15, -0.1) is 16.9 Å². The van der Waals surface area contributed by atoms with E-state index in [-0.39, 0.29) is 11.9 Å². The van der Waals surface area contributed by atoms with Crippen molar-refractivity contribution in [3.8, 4) is 0 Å². The van der Waals surface area contributed by atoms with Crippen molar-refractivity contribution in [3.05, 3.63) is 53.7 Å². The molecule has 2 heterocycles. The third kappa shape index (κ3) is 4.48. The number of hydrogen-bond donors (Lipinski definition) is 1. The van der Waals surface area contributed by atoms with Crippen LogP contribution in [0.5, 0.6) is 0 Å². The summed E-state index contributed by atoms with van der Waals surface area (Å²) in [6.45, 7) is 4.78. The Morgan fingerprint density at radius 2 is 2.00 bits per heavy atom. The van der Waals surface area contributed by atoms with E-state index >= 15 is 0 Å². The number of carbonyl (C=O) groups excluding carboxylic acids is 1. The van der Waals surface area contributed by atoms with Gasteiger partial charge in [-0.1, -0.05) is 24.2 Å². The van der Waals surface area contributed by atoms with Crippen molar-refractivity contribution in [2.24, 2.45) is 0 Å². The van der Waals surface area contributed by atoms with Gasteiger partial charge in [0.15, 0.2) is 5.69 Å². The first-order valence-corrected chi connectivity index (χ1v) is 9.05. The lowest BCUT2D eigenvalue weighted by molar-refractivity contribution is 0.101. The fraction of sp³-hybridized carbons (Fsp3) is 0.294. The van der Waals surface area contributed by atoms with Gasteiger partial charge in [0.05, 0.1) is 6.42 Å². The van der Waals surface area contributed by atoms with Crippen molar-refractivity contribution < 1.29 is 9.21 Å². The second kappa shape index (κ2) is 7.98. The van der Waals surface area contributed by atoms with Crippen LogP contribution in [0.2, 0.25) is 0 Å². The van der Waals surface area contributed by atoms with Crippen LogP contribution in [0.4, 0.5) is 6.01 Å². The summed E-state index contributed by atoms with van der Waals surface area (Å²) in [5.74, 6) is 1.12. The molecule has 0 saturated heterocycles. The summed E-state index contributed by atoms with van der Waals surface area (Å²) < 4.78 is 7.17. The second-order valence-corrected chi connectivity index (χ2v) is 6.60. The number of nitrogens with zero attached hydrogens (tertiary/aromatic N) is 4. The molecule has 3 rings (SSSR count). The summed E-state index contributed by atoms with van der Waals surface area (Å²) in [7, 11) is 0. The van der Waals surface area contributed by atoms with Gasteiger partial charge in [0.25, 0.3) is 5.91 Å². The van der Waals surface area contributed by atoms with Crippen LogP contribution in [0, 0.1) is 0 Å². The molecule has 0 fully saturated rings. The number of benzene rings is 1. The minimum absolute atomic E-state index is 0.0733. The molecule has 0 bridgehead atoms. The molecule has 1 aromatic carbocycles. The van der Waals surface area contributed by atoms with E-state index in [0.29, 0.717) is 24.6 Å². The first-order chi connectivity index (χ1) is 12.2. The Morgan fingerprint density at radius 1 is 1.20 bits per heavy atom. The molecule has 0 aliphatic carbocycles. The standard InChI is InChI=1S/C17H19N5O2S/c1-3-22-10-9-14(21-22)16(23)18-17-20-19-15(24-17)11-12-5-7-13(8-6-12)25-4-2/h5-10H,3-4,11H2,1-2H3,(H,18,20,23). The van der Waals surface area contributed by atoms with Crippen LogP contribution >= 0.6 is 11.8 Å². The molecule has 0 aliphatic rings. The molecule has 8 heteroatoms. The summed E-state index contributed by atoms with van der Waals surface area (Å²) in [4.78, 5) is 13.3. The molecule has 0 spiro atoms. The van der Waals surface area contributed by atoms with Gasteiger partial charge < -0.3 is 4.42 Å². The number of hydrogen-bond acceptors (Lipinski definition) is 6. The zero-order chi connectivity index (χ0) is 17.6. The van der Waals surface area contributed by atoms with E-state index in [1.54, 1.807) is 28.7 Å². The zero-order valence-corrected chi connectivity index (χ0v) is 14.9. The van der Waals surface area contributed by atoms with E-state index in [9.17, 15) is 4.79 Å². The summed E-state index contributed by atoms with van der Waals surface area (Å²) in [5.41, 5.74) is 1.38. The highest BCUT2D eigenvalue weighted by molar-refractivity contribution is 7.99. The Labute approximate surface area is 149 Å². The maximum Gasteiger partial charge on any atom is 0.322 e. The smallest absolute Gasteiger partial charge is 0.322 e. The van der Waals surface area contributed by atoms with Crippen LogP contribution in [-0.4, -0.2) is 31.6 Å². The van der Waals surface area contributed by atoms with Crippen LogP contribution in [0.1, 0.15) is 35.8 Å². The molecule has 0 aliphatic heterocycles. The van der Waals surface area contributed by atoms with Crippen LogP contribution in [0.15, 0.2) is 45.8 Å². The van der Waals surface area contributed by atoms with Crippen molar-refractivity contribution in [2.75, 3.05) is 11.1 Å². The summed E-state index contributed by atoms with van der Waals surface area (Å²) in [5, 5.41) is 14.5. The third-order valence-corrected chi connectivity index (χ3v) is 4.37. The summed E-state index contributed by atoms with van der Waals surface area (Å²) in [6.07, 6.45) is 2.26. The van der Waals surface area contributed by atoms with E-state index in [1.165, 1.54) is 4.90 Å². The molecule has 1 amide bonds. The summed E-state index contributed by atoms with van der Waals surface area (Å²) >= 11 is 1.80. The zero-order valence-electron chi connectivity index (χ0n) is 14.1. The normalized spacial score (nSPS) is 10.8. The molecule has 0 atom stereocenters. The Kier molecular flexibility index (Phi) is 5.49. The number of aromatic nitrogens is 4. The Balaban J connectivity index is 1.60. The fourth-order valence-corrected chi connectivity index (χ4v) is 2.90. The average Bonchev–Trinajstić information content (AvgIpc) is 3.26. The number of anilines is 1. The minimum atomic E-state index is -0.372. The van der Waals surface area contributed by atoms with Gasteiger partial charge in [-0.05, 0) is 36.4 Å². The van der Waals surface area contributed by atoms with Gasteiger partial charge in [0, 0.05) is 17.6 Å². The third-order valence-electron chi connectivity index (χ3n) is 3.47. The van der Waals surface area contributed by atoms with Crippen LogP contribution in [0.25, 0.3) is 0 Å². The van der Waals surface area contributed by atoms with E-state index < -0.39 is 0 Å². The lowest BCUT2D eigenvalue weighted by Crippen LogP contribution is -2.13. The Morgan fingerprint density at radius 3 is 2.68 bits per heavy atom. The van der Waals surface area contributed by atoms with Gasteiger partial charge in [-0.2, -0.15) is 5.10 Å². The largest absolute Gasteiger partial charge is 0.407 e. The average molecular weight is 357 g/mol. The SMILES string of the molecule is CCSc1ccc(Cc2nnc(NC(=O)c3ccn(CC)n3)o2)cc1. The number of amides is 1. The van der Waals surface area contributed by atoms with Crippen molar-refractivity contribution in [2.45, 2.75) is 31.7 Å². The van der Waals surface area contributed by atoms with E-state index in [0.717, 1.165) is 11.3 Å². The molecule has 0 saturated carbocycles. The number of rotatable bonds is 7. The molecule has 0 unspecified atom stereocenters. The van der Waals surface area contributed by atoms with Crippen LogP contribution in [-0.2, 0) is 13.0 Å². The quantitative estimate of drug-likeness (QED) is 0.653. The van der Waals surface area contributed by atoms with Crippen LogP contribution < -0.4 is 5.32 Å². The molecular weight excluding hydrogens is 338 g/mol. The number of carbonyl (C=O) groups is 1. The lowest BCUT2D eigenvalue weighted by Gasteiger charge is -2.00. The van der Waals surface area contributed by atoms with E-state index in [4.69, 9.17) is 4.42 Å². The Bertz CT molecular complexity index is 841. The van der Waals surface area contributed by atoms with Crippen molar-refractivity contribution in [1.82, 2.24) is 20.0 Å². The predicted molar refractivity (Wildman–Crippen MR) is 95.8 cm³/mol. The second-order valence-electron chi connectivity index (χ2n) is 5.27. The fourth-order valence-electron chi connectivity index (χ4n) is 2.24. The highest BCUT2D eigenvalue weighted by Crippen LogP contribution is 2.19. The highest BCUT2D eigenvalue weighted by Gasteiger charge is 2.14. The first kappa shape index (κ1) is 17.2. The van der Waals surface area contributed by atoms with Crippen LogP contribution in [0.3, 0.4) is 0 Å². The highest BCUT2D eigenvalue weighted by atomic mass is 32.2. The lowest BCUT2D eigenvalue weighted by atomic mass is 10.1. The molecule has 25 heavy (non-hydrogen) atoms. The monoisotopic (exact) mass is 357 g/mol. The van der Waals surface area contributed by atoms with Crippen molar-refractivity contribution >= 4 is 23.7 Å². The molecule has 2 aromatic heterocycles. The molecule has 1 N–H and O–H groups in total. The predicted octanol–water partition coefficient (Wildman–Crippen LogP) is 3.24. The van der Waals surface area contributed by atoms with Gasteiger partial charge in [-0.25, -0.2) is 0 Å². The molecule has 7 nitrogen and oxygen atoms in total. The number of aryl methyl sites for hydroxylation is 1. The molecule has 130 valence electrons. The van der Waals surface area contributed by atoms with Gasteiger partial charge in [-0.3, -0.25) is 14.8 Å². The minimum Gasteiger partial charge on any atom is -0.407 e. The summed E-state index contributed by atoms with van der Waals surface area (Å²) in [6, 6.07) is 9.95. The van der Waals surface area contributed by atoms with Crippen molar-refractivity contribution in [1.29, 1.82) is 0 Å². The van der Waals surface area contributed by atoms with Gasteiger partial charge >= 0.3 is 6.01 Å². The molecular formula is C17H19N5O2S. The molecule has 3 aromatic rings. The van der Waals surface area contributed by atoms with E-state index in [1.807, 2.05) is 19.1 Å². The topological polar surface area (TPSA) is 85.8 Å². The maximum atomic E-state index is 12.1. The first-order valence-electron chi connectivity index (χ1n) is 8.07. The number of nitrogens with one attached hydrogen (secondary N) is 1. The van der Waals surface area contributed by atoms with Gasteiger partial charge in [0.2, 0.25) is 5.89 Å². The number of thioether (sulfide) groups is 1. The molecule has 0 radical (unpaired) electrons. The van der Waals surface area contributed by atoms with Gasteiger partial charge in [0.1, 0.15) is 0 Å². The Hall–Kier alpha value is -2.61. The maximum absolute atomic E-state index is 12.1.